The second-order valence-electron chi connectivity index (χ2n) is 3.90. The molecule has 4 nitrogen and oxygen atoms in total. The van der Waals surface area contributed by atoms with Gasteiger partial charge in [-0.2, -0.15) is 26.3 Å². The first kappa shape index (κ1) is 16.9. The fourth-order valence-electron chi connectivity index (χ4n) is 1.47. The van der Waals surface area contributed by atoms with Crippen LogP contribution in [0.25, 0.3) is 0 Å². The van der Waals surface area contributed by atoms with Gasteiger partial charge in [0.1, 0.15) is 5.75 Å². The van der Waals surface area contributed by atoms with Gasteiger partial charge < -0.3 is 15.3 Å². The van der Waals surface area contributed by atoms with Crippen molar-refractivity contribution in [3.05, 3.63) is 24.3 Å². The maximum atomic E-state index is 12.9. The van der Waals surface area contributed by atoms with Gasteiger partial charge in [-0.15, -0.1) is 0 Å². The fourth-order valence-corrected chi connectivity index (χ4v) is 1.47. The number of alkyl halides is 6. The molecule has 2 N–H and O–H groups in total. The van der Waals surface area contributed by atoms with Crippen molar-refractivity contribution in [3.8, 4) is 5.75 Å². The molecule has 0 aliphatic rings. The highest BCUT2D eigenvalue weighted by molar-refractivity contribution is 5.78. The SMILES string of the molecule is COc1ccc(NC(/C=N/O)(C(F)(F)F)C(F)(F)F)cc1. The number of nitrogens with zero attached hydrogens (tertiary/aromatic N) is 1. The van der Waals surface area contributed by atoms with Crippen LogP contribution >= 0.6 is 0 Å². The number of benzene rings is 1. The predicted octanol–water partition coefficient (Wildman–Crippen LogP) is 3.43. The number of ether oxygens (including phenoxy) is 1. The van der Waals surface area contributed by atoms with Crippen LogP contribution in [0.4, 0.5) is 32.0 Å². The Morgan fingerprint density at radius 3 is 1.86 bits per heavy atom. The summed E-state index contributed by atoms with van der Waals surface area (Å²) in [5, 5.41) is 11.4. The molecule has 10 heteroatoms. The zero-order chi connectivity index (χ0) is 16.3. The molecule has 0 radical (unpaired) electrons. The lowest BCUT2D eigenvalue weighted by molar-refractivity contribution is -0.263. The molecule has 0 bridgehead atoms. The maximum absolute atomic E-state index is 12.9. The van der Waals surface area contributed by atoms with Crippen molar-refractivity contribution in [1.82, 2.24) is 0 Å². The molecule has 1 rings (SSSR count). The van der Waals surface area contributed by atoms with E-state index < -0.39 is 29.8 Å². The zero-order valence-electron chi connectivity index (χ0n) is 10.5. The van der Waals surface area contributed by atoms with Crippen LogP contribution < -0.4 is 10.1 Å². The quantitative estimate of drug-likeness (QED) is 0.387. The molecule has 1 aromatic rings. The van der Waals surface area contributed by atoms with E-state index in [2.05, 4.69) is 0 Å². The van der Waals surface area contributed by atoms with Crippen LogP contribution in [0.3, 0.4) is 0 Å². The number of halogens is 6. The standard InChI is InChI=1S/C11H10F6N2O2/c1-21-8-4-2-7(3-5-8)19-9(6-18-20,10(12,13)14)11(15,16)17/h2-6,19-20H,1H3/b18-6+. The Bertz CT molecular complexity index is 481. The number of methoxy groups -OCH3 is 1. The number of hydrogen-bond donors (Lipinski definition) is 2. The predicted molar refractivity (Wildman–Crippen MR) is 61.7 cm³/mol. The van der Waals surface area contributed by atoms with Crippen LogP contribution in [-0.2, 0) is 0 Å². The normalized spacial score (nSPS) is 13.5. The summed E-state index contributed by atoms with van der Waals surface area (Å²) < 4.78 is 82.0. The minimum absolute atomic E-state index is 0.251. The Morgan fingerprint density at radius 1 is 1.05 bits per heavy atom. The van der Waals surface area contributed by atoms with Crippen molar-refractivity contribution < 1.29 is 36.3 Å². The van der Waals surface area contributed by atoms with E-state index in [1.807, 2.05) is 5.16 Å². The van der Waals surface area contributed by atoms with Crippen molar-refractivity contribution in [3.63, 3.8) is 0 Å². The Hall–Kier alpha value is -2.13. The molecule has 118 valence electrons. The zero-order valence-corrected chi connectivity index (χ0v) is 10.5. The minimum Gasteiger partial charge on any atom is -0.497 e. The fraction of sp³-hybridized carbons (Fsp3) is 0.364. The smallest absolute Gasteiger partial charge is 0.425 e. The third kappa shape index (κ3) is 3.31. The molecule has 1 aromatic carbocycles. The van der Waals surface area contributed by atoms with Gasteiger partial charge in [-0.1, -0.05) is 5.16 Å². The van der Waals surface area contributed by atoms with E-state index in [-0.39, 0.29) is 5.75 Å². The van der Waals surface area contributed by atoms with Crippen molar-refractivity contribution in [1.29, 1.82) is 0 Å². The average Bonchev–Trinajstić information content (AvgIpc) is 2.36. The lowest BCUT2D eigenvalue weighted by Crippen LogP contribution is -2.63. The van der Waals surface area contributed by atoms with Crippen LogP contribution in [0.2, 0.25) is 0 Å². The van der Waals surface area contributed by atoms with Gasteiger partial charge in [-0.3, -0.25) is 0 Å². The summed E-state index contributed by atoms with van der Waals surface area (Å²) in [6.45, 7) is 0. The first-order valence-electron chi connectivity index (χ1n) is 5.31. The maximum Gasteiger partial charge on any atom is 0.425 e. The van der Waals surface area contributed by atoms with Crippen LogP contribution in [0.1, 0.15) is 0 Å². The van der Waals surface area contributed by atoms with E-state index in [0.717, 1.165) is 12.1 Å². The Labute approximate surface area is 115 Å². The Balaban J connectivity index is 3.30. The molecular formula is C11H10F6N2O2. The molecule has 0 aliphatic carbocycles. The Kier molecular flexibility index (Phi) is 4.59. The lowest BCUT2D eigenvalue weighted by Gasteiger charge is -2.35. The van der Waals surface area contributed by atoms with Gasteiger partial charge in [0.2, 0.25) is 0 Å². The van der Waals surface area contributed by atoms with Gasteiger partial charge in [0.05, 0.1) is 13.3 Å². The molecule has 0 saturated heterocycles. The van der Waals surface area contributed by atoms with E-state index in [0.29, 0.717) is 0 Å². The van der Waals surface area contributed by atoms with Crippen molar-refractivity contribution >= 4 is 11.9 Å². The number of anilines is 1. The van der Waals surface area contributed by atoms with Crippen LogP contribution in [0.5, 0.6) is 5.75 Å². The summed E-state index contributed by atoms with van der Waals surface area (Å²) in [5.41, 5.74) is -4.99. The van der Waals surface area contributed by atoms with E-state index in [1.165, 1.54) is 24.6 Å². The number of hydrogen-bond acceptors (Lipinski definition) is 4. The lowest BCUT2D eigenvalue weighted by atomic mass is 9.99. The van der Waals surface area contributed by atoms with Gasteiger partial charge in [0, 0.05) is 5.69 Å². The van der Waals surface area contributed by atoms with Gasteiger partial charge in [0.25, 0.3) is 5.54 Å². The number of nitrogens with one attached hydrogen (secondary N) is 1. The highest BCUT2D eigenvalue weighted by Gasteiger charge is 2.71. The van der Waals surface area contributed by atoms with Crippen molar-refractivity contribution in [2.24, 2.45) is 5.16 Å². The second kappa shape index (κ2) is 5.70. The van der Waals surface area contributed by atoms with Crippen LogP contribution in [-0.4, -0.2) is 36.4 Å². The van der Waals surface area contributed by atoms with Crippen molar-refractivity contribution in [2.45, 2.75) is 17.9 Å². The summed E-state index contributed by atoms with van der Waals surface area (Å²) in [4.78, 5) is 0. The molecule has 0 spiro atoms. The van der Waals surface area contributed by atoms with Crippen LogP contribution in [0, 0.1) is 0 Å². The monoisotopic (exact) mass is 316 g/mol. The molecular weight excluding hydrogens is 306 g/mol. The van der Waals surface area contributed by atoms with Crippen molar-refractivity contribution in [2.75, 3.05) is 12.4 Å². The number of rotatable bonds is 4. The summed E-state index contributed by atoms with van der Waals surface area (Å²) in [5.74, 6) is 0.251. The molecule has 0 aliphatic heterocycles. The molecule has 0 heterocycles. The molecule has 0 aromatic heterocycles. The average molecular weight is 316 g/mol. The molecule has 0 fully saturated rings. The van der Waals surface area contributed by atoms with E-state index >= 15 is 0 Å². The highest BCUT2D eigenvalue weighted by Crippen LogP contribution is 2.44. The topological polar surface area (TPSA) is 53.8 Å². The minimum atomic E-state index is -5.78. The van der Waals surface area contributed by atoms with Gasteiger partial charge in [0.15, 0.2) is 0 Å². The number of oxime groups is 1. The van der Waals surface area contributed by atoms with Gasteiger partial charge in [-0.25, -0.2) is 0 Å². The van der Waals surface area contributed by atoms with Crippen LogP contribution in [0.15, 0.2) is 29.4 Å². The summed E-state index contributed by atoms with van der Waals surface area (Å²) in [7, 11) is 1.29. The Morgan fingerprint density at radius 2 is 1.52 bits per heavy atom. The molecule has 0 atom stereocenters. The summed E-state index contributed by atoms with van der Waals surface area (Å²) in [6.07, 6.45) is -12.2. The van der Waals surface area contributed by atoms with E-state index in [4.69, 9.17) is 9.94 Å². The largest absolute Gasteiger partial charge is 0.497 e. The van der Waals surface area contributed by atoms with E-state index in [9.17, 15) is 26.3 Å². The first-order chi connectivity index (χ1) is 9.57. The molecule has 0 saturated carbocycles. The van der Waals surface area contributed by atoms with E-state index in [1.54, 1.807) is 0 Å². The molecule has 0 amide bonds. The second-order valence-corrected chi connectivity index (χ2v) is 3.90. The first-order valence-corrected chi connectivity index (χ1v) is 5.31. The molecule has 0 unspecified atom stereocenters. The third-order valence-corrected chi connectivity index (χ3v) is 2.58. The summed E-state index contributed by atoms with van der Waals surface area (Å²) in [6, 6.07) is 4.29. The highest BCUT2D eigenvalue weighted by atomic mass is 19.4. The van der Waals surface area contributed by atoms with Gasteiger partial charge in [-0.05, 0) is 24.3 Å². The third-order valence-electron chi connectivity index (χ3n) is 2.58. The summed E-state index contributed by atoms with van der Waals surface area (Å²) >= 11 is 0. The van der Waals surface area contributed by atoms with Gasteiger partial charge >= 0.3 is 12.4 Å². The molecule has 21 heavy (non-hydrogen) atoms.